The Morgan fingerprint density at radius 3 is 2.32 bits per heavy atom. The Kier molecular flexibility index (Phi) is 11.7. The fraction of sp³-hybridized carbons (Fsp3) is 0.436. The standard InChI is InChI=1S/C39H46N8O6/c1-6-28(41-23-53-52-5)37(48)46-19-8-10-33(46)36-42-29-18-15-26(21-30(29)43-36)12-11-25-13-16-27(17-14-25)31-22-40-35(44-31)32-9-7-20-47(32)38(49)34(24(2)3)45-39(50)51-4/h13-18,21-24,28,32-34H,6-10,19-20H2,1-5H3,(H,40,44)(H,42,43)(H,45,50)/b41-23-/t28-,32-,33-,34-/m0/s1. The van der Waals surface area contributed by atoms with Crippen LogP contribution in [0.4, 0.5) is 4.79 Å². The monoisotopic (exact) mass is 722 g/mol. The second-order valence-corrected chi connectivity index (χ2v) is 13.5. The Morgan fingerprint density at radius 2 is 1.64 bits per heavy atom. The van der Waals surface area contributed by atoms with Gasteiger partial charge in [-0.1, -0.05) is 44.7 Å². The third-order valence-electron chi connectivity index (χ3n) is 9.78. The average Bonchev–Trinajstić information content (AvgIpc) is 4.00. The Balaban J connectivity index is 1.11. The molecule has 0 bridgehead atoms. The van der Waals surface area contributed by atoms with Gasteiger partial charge in [0, 0.05) is 36.0 Å². The van der Waals surface area contributed by atoms with E-state index in [-0.39, 0.29) is 29.8 Å². The molecule has 4 atom stereocenters. The largest absolute Gasteiger partial charge is 0.453 e. The number of carbonyl (C=O) groups is 3. The average molecular weight is 723 g/mol. The molecule has 6 rings (SSSR count). The fourth-order valence-electron chi connectivity index (χ4n) is 6.97. The number of fused-ring (bicyclic) bond motifs is 1. The molecule has 0 radical (unpaired) electrons. The molecule has 14 heteroatoms. The van der Waals surface area contributed by atoms with Crippen LogP contribution in [0.1, 0.15) is 87.7 Å². The maximum absolute atomic E-state index is 13.5. The number of aliphatic imine (C=N–C) groups is 1. The minimum Gasteiger partial charge on any atom is -0.453 e. The van der Waals surface area contributed by atoms with Crippen molar-refractivity contribution in [1.29, 1.82) is 0 Å². The summed E-state index contributed by atoms with van der Waals surface area (Å²) in [5, 5.41) is 2.69. The van der Waals surface area contributed by atoms with Gasteiger partial charge in [-0.2, -0.15) is 4.89 Å². The number of aromatic nitrogens is 4. The van der Waals surface area contributed by atoms with Crippen LogP contribution in [0.3, 0.4) is 0 Å². The molecule has 3 amide bonds. The summed E-state index contributed by atoms with van der Waals surface area (Å²) in [4.78, 5) is 72.3. The highest BCUT2D eigenvalue weighted by molar-refractivity contribution is 5.86. The van der Waals surface area contributed by atoms with Gasteiger partial charge in [-0.25, -0.2) is 19.8 Å². The highest BCUT2D eigenvalue weighted by Gasteiger charge is 2.38. The predicted molar refractivity (Wildman–Crippen MR) is 198 cm³/mol. The molecule has 2 aliphatic heterocycles. The van der Waals surface area contributed by atoms with Crippen LogP contribution in [-0.4, -0.2) is 93.4 Å². The zero-order chi connectivity index (χ0) is 37.5. The number of aromatic amines is 2. The van der Waals surface area contributed by atoms with Gasteiger partial charge >= 0.3 is 6.09 Å². The molecular formula is C39H46N8O6. The minimum atomic E-state index is -0.688. The molecule has 2 aromatic heterocycles. The number of ether oxygens (including phenoxy) is 1. The molecule has 3 N–H and O–H groups in total. The van der Waals surface area contributed by atoms with Crippen molar-refractivity contribution >= 4 is 35.3 Å². The van der Waals surface area contributed by atoms with Gasteiger partial charge in [0.2, 0.25) is 18.2 Å². The minimum absolute atomic E-state index is 0.0599. The summed E-state index contributed by atoms with van der Waals surface area (Å²) in [6.07, 6.45) is 6.26. The van der Waals surface area contributed by atoms with Crippen LogP contribution < -0.4 is 5.32 Å². The van der Waals surface area contributed by atoms with E-state index < -0.39 is 18.2 Å². The van der Waals surface area contributed by atoms with Crippen LogP contribution in [0.15, 0.2) is 53.7 Å². The van der Waals surface area contributed by atoms with E-state index in [9.17, 15) is 14.4 Å². The first kappa shape index (κ1) is 37.1. The molecule has 2 saturated heterocycles. The third kappa shape index (κ3) is 8.36. The normalized spacial score (nSPS) is 18.3. The summed E-state index contributed by atoms with van der Waals surface area (Å²) in [6.45, 7) is 6.95. The van der Waals surface area contributed by atoms with Crippen LogP contribution in [-0.2, 0) is 24.1 Å². The maximum Gasteiger partial charge on any atom is 0.407 e. The van der Waals surface area contributed by atoms with Gasteiger partial charge in [0.25, 0.3) is 0 Å². The third-order valence-corrected chi connectivity index (χ3v) is 9.78. The fourth-order valence-corrected chi connectivity index (χ4v) is 6.97. The van der Waals surface area contributed by atoms with Crippen molar-refractivity contribution in [1.82, 2.24) is 35.1 Å². The molecule has 0 spiro atoms. The molecule has 0 unspecified atom stereocenters. The molecule has 53 heavy (non-hydrogen) atoms. The number of hydrogen-bond acceptors (Lipinski definition) is 9. The van der Waals surface area contributed by atoms with Gasteiger partial charge in [-0.05, 0) is 68.4 Å². The quantitative estimate of drug-likeness (QED) is 0.0605. The lowest BCUT2D eigenvalue weighted by Crippen LogP contribution is -2.51. The second-order valence-electron chi connectivity index (χ2n) is 13.5. The SMILES string of the molecule is CC[C@H](/N=C\OOC)C(=O)N1CCC[C@H]1c1nc2cc(C#Cc3ccc(-c4c[nH]c([C@@H]5CCCN5C(=O)[C@@H](NC(=O)OC)C(C)C)n4)cc3)ccc2[nH]1. The number of amides is 3. The molecule has 4 heterocycles. The molecule has 2 aromatic carbocycles. The van der Waals surface area contributed by atoms with E-state index in [0.717, 1.165) is 64.9 Å². The van der Waals surface area contributed by atoms with Gasteiger partial charge in [-0.15, -0.1) is 0 Å². The topological polar surface area (TPSA) is 167 Å². The van der Waals surface area contributed by atoms with Gasteiger partial charge in [0.05, 0.1) is 43.0 Å². The number of imidazole rings is 2. The first-order valence-corrected chi connectivity index (χ1v) is 18.0. The van der Waals surface area contributed by atoms with Crippen LogP contribution in [0, 0.1) is 17.8 Å². The number of alkyl carbamates (subject to hydrolysis) is 1. The molecule has 4 aromatic rings. The van der Waals surface area contributed by atoms with Gasteiger partial charge in [0.1, 0.15) is 23.7 Å². The molecule has 0 aliphatic carbocycles. The number of benzene rings is 2. The summed E-state index contributed by atoms with van der Waals surface area (Å²) in [7, 11) is 2.67. The number of hydrogen-bond donors (Lipinski definition) is 3. The summed E-state index contributed by atoms with van der Waals surface area (Å²) < 4.78 is 4.74. The van der Waals surface area contributed by atoms with Gasteiger partial charge in [0.15, 0.2) is 0 Å². The number of H-pyrrole nitrogens is 2. The van der Waals surface area contributed by atoms with E-state index >= 15 is 0 Å². The molecule has 2 aliphatic rings. The number of nitrogens with one attached hydrogen (secondary N) is 3. The van der Waals surface area contributed by atoms with Crippen LogP contribution >= 0.6 is 0 Å². The van der Waals surface area contributed by atoms with Crippen molar-refractivity contribution in [3.8, 4) is 23.1 Å². The lowest BCUT2D eigenvalue weighted by atomic mass is 10.0. The molecule has 0 saturated carbocycles. The summed E-state index contributed by atoms with van der Waals surface area (Å²) in [5.74, 6) is 7.66. The molecule has 14 nitrogen and oxygen atoms in total. The number of rotatable bonds is 11. The molecular weight excluding hydrogens is 676 g/mol. The Morgan fingerprint density at radius 1 is 0.962 bits per heavy atom. The number of likely N-dealkylation sites (tertiary alicyclic amines) is 2. The highest BCUT2D eigenvalue weighted by Crippen LogP contribution is 2.34. The van der Waals surface area contributed by atoms with Gasteiger partial charge in [-0.3, -0.25) is 9.59 Å². The van der Waals surface area contributed by atoms with Crippen molar-refractivity contribution in [2.45, 2.75) is 77.0 Å². The van der Waals surface area contributed by atoms with E-state index in [1.807, 2.05) is 74.3 Å². The van der Waals surface area contributed by atoms with Crippen LogP contribution in [0.2, 0.25) is 0 Å². The summed E-state index contributed by atoms with van der Waals surface area (Å²) in [5.41, 5.74) is 5.04. The number of nitrogens with zero attached hydrogens (tertiary/aromatic N) is 5. The number of carbonyl (C=O) groups excluding carboxylic acids is 3. The highest BCUT2D eigenvalue weighted by atomic mass is 17.2. The Labute approximate surface area is 308 Å². The van der Waals surface area contributed by atoms with E-state index in [4.69, 9.17) is 19.6 Å². The predicted octanol–water partition coefficient (Wildman–Crippen LogP) is 5.45. The smallest absolute Gasteiger partial charge is 0.407 e. The van der Waals surface area contributed by atoms with Crippen molar-refractivity contribution in [2.75, 3.05) is 27.3 Å². The first-order chi connectivity index (χ1) is 25.7. The zero-order valence-corrected chi connectivity index (χ0v) is 30.7. The van der Waals surface area contributed by atoms with Crippen molar-refractivity contribution in [2.24, 2.45) is 10.9 Å². The lowest BCUT2D eigenvalue weighted by Gasteiger charge is -2.29. The number of methoxy groups -OCH3 is 1. The Hall–Kier alpha value is -5.68. The van der Waals surface area contributed by atoms with Crippen LogP contribution in [0.25, 0.3) is 22.3 Å². The van der Waals surface area contributed by atoms with Gasteiger partial charge < -0.3 is 34.7 Å². The van der Waals surface area contributed by atoms with E-state index in [0.29, 0.717) is 25.3 Å². The summed E-state index contributed by atoms with van der Waals surface area (Å²) >= 11 is 0. The van der Waals surface area contributed by atoms with E-state index in [2.05, 4.69) is 37.0 Å². The first-order valence-electron chi connectivity index (χ1n) is 18.0. The van der Waals surface area contributed by atoms with Crippen LogP contribution in [0.5, 0.6) is 0 Å². The molecule has 2 fully saturated rings. The lowest BCUT2D eigenvalue weighted by molar-refractivity contribution is -0.188. The summed E-state index contributed by atoms with van der Waals surface area (Å²) in [6, 6.07) is 12.1. The van der Waals surface area contributed by atoms with Crippen molar-refractivity contribution < 1.29 is 28.9 Å². The van der Waals surface area contributed by atoms with E-state index in [1.165, 1.54) is 20.6 Å². The Bertz CT molecular complexity index is 2010. The van der Waals surface area contributed by atoms with E-state index in [1.54, 1.807) is 4.90 Å². The van der Waals surface area contributed by atoms with Crippen molar-refractivity contribution in [3.63, 3.8) is 0 Å². The second kappa shape index (κ2) is 16.8. The maximum atomic E-state index is 13.5. The zero-order valence-electron chi connectivity index (χ0n) is 30.7. The van der Waals surface area contributed by atoms with Crippen molar-refractivity contribution in [3.05, 3.63) is 71.4 Å². The molecule has 278 valence electrons.